The van der Waals surface area contributed by atoms with Gasteiger partial charge in [0, 0.05) is 56.6 Å². The van der Waals surface area contributed by atoms with E-state index in [-0.39, 0.29) is 11.3 Å². The summed E-state index contributed by atoms with van der Waals surface area (Å²) < 4.78 is 5.39. The maximum absolute atomic E-state index is 12.4. The Kier molecular flexibility index (Phi) is 5.42. The molecule has 24 heavy (non-hydrogen) atoms. The molecule has 3 rings (SSSR count). The number of carbonyl (C=O) groups excluding carboxylic acids is 1. The number of hydrogen-bond acceptors (Lipinski definition) is 6. The van der Waals surface area contributed by atoms with Gasteiger partial charge in [-0.25, -0.2) is 4.98 Å². The molecule has 134 valence electrons. The summed E-state index contributed by atoms with van der Waals surface area (Å²) >= 11 is 1.71. The summed E-state index contributed by atoms with van der Waals surface area (Å²) in [5.74, 6) is 0.245. The predicted octanol–water partition coefficient (Wildman–Crippen LogP) is 1.67. The molecule has 1 amide bonds. The molecule has 0 atom stereocenters. The number of hydrogen-bond donors (Lipinski definition) is 0. The van der Waals surface area contributed by atoms with Gasteiger partial charge in [-0.15, -0.1) is 11.3 Å². The quantitative estimate of drug-likeness (QED) is 0.828. The molecule has 0 unspecified atom stereocenters. The highest BCUT2D eigenvalue weighted by atomic mass is 32.1. The van der Waals surface area contributed by atoms with Gasteiger partial charge in [0.1, 0.15) is 0 Å². The minimum atomic E-state index is -0.297. The smallest absolute Gasteiger partial charge is 0.228 e. The Labute approximate surface area is 148 Å². The van der Waals surface area contributed by atoms with Crippen LogP contribution in [0.4, 0.5) is 5.13 Å². The number of carbonyl (C=O) groups is 1. The molecule has 7 heteroatoms. The highest BCUT2D eigenvalue weighted by Crippen LogP contribution is 2.24. The van der Waals surface area contributed by atoms with Crippen molar-refractivity contribution < 1.29 is 9.53 Å². The monoisotopic (exact) mass is 352 g/mol. The van der Waals surface area contributed by atoms with Gasteiger partial charge in [-0.2, -0.15) is 0 Å². The minimum Gasteiger partial charge on any atom is -0.379 e. The Bertz CT molecular complexity index is 555. The molecule has 0 saturated carbocycles. The number of amides is 1. The van der Waals surface area contributed by atoms with Crippen LogP contribution in [0, 0.1) is 5.41 Å². The maximum Gasteiger partial charge on any atom is 0.228 e. The van der Waals surface area contributed by atoms with Gasteiger partial charge in [-0.1, -0.05) is 20.8 Å². The maximum atomic E-state index is 12.4. The number of aromatic nitrogens is 1. The average Bonchev–Trinajstić information content (AvgIpc) is 3.03. The van der Waals surface area contributed by atoms with Crippen molar-refractivity contribution in [3.63, 3.8) is 0 Å². The Morgan fingerprint density at radius 1 is 1.17 bits per heavy atom. The Morgan fingerprint density at radius 3 is 2.46 bits per heavy atom. The van der Waals surface area contributed by atoms with E-state index in [2.05, 4.69) is 15.2 Å². The average molecular weight is 353 g/mol. The first-order valence-corrected chi connectivity index (χ1v) is 9.60. The van der Waals surface area contributed by atoms with E-state index in [4.69, 9.17) is 9.72 Å². The zero-order valence-electron chi connectivity index (χ0n) is 15.0. The molecule has 1 aromatic rings. The third-order valence-electron chi connectivity index (χ3n) is 4.51. The van der Waals surface area contributed by atoms with Crippen LogP contribution in [-0.4, -0.2) is 73.2 Å². The number of piperazine rings is 1. The number of nitrogens with zero attached hydrogens (tertiary/aromatic N) is 4. The molecule has 0 spiro atoms. The second kappa shape index (κ2) is 7.37. The number of morpholine rings is 1. The normalized spacial score (nSPS) is 20.5. The van der Waals surface area contributed by atoms with Gasteiger partial charge in [0.05, 0.1) is 18.9 Å². The lowest BCUT2D eigenvalue weighted by molar-refractivity contribution is -0.139. The fraction of sp³-hybridized carbons (Fsp3) is 0.765. The summed E-state index contributed by atoms with van der Waals surface area (Å²) in [6.45, 7) is 13.8. The van der Waals surface area contributed by atoms with E-state index >= 15 is 0 Å². The topological polar surface area (TPSA) is 48.9 Å². The van der Waals surface area contributed by atoms with Crippen LogP contribution in [-0.2, 0) is 16.1 Å². The molecule has 0 bridgehead atoms. The molecule has 0 aromatic carbocycles. The lowest BCUT2D eigenvalue weighted by Gasteiger charge is -2.37. The number of ether oxygens (including phenoxy) is 1. The van der Waals surface area contributed by atoms with Crippen molar-refractivity contribution in [1.82, 2.24) is 14.8 Å². The Morgan fingerprint density at radius 2 is 1.83 bits per heavy atom. The molecule has 2 aliphatic heterocycles. The van der Waals surface area contributed by atoms with Gasteiger partial charge in [0.2, 0.25) is 5.91 Å². The van der Waals surface area contributed by atoms with Gasteiger partial charge in [-0.05, 0) is 0 Å². The van der Waals surface area contributed by atoms with Crippen molar-refractivity contribution in [2.45, 2.75) is 27.3 Å². The Balaban J connectivity index is 1.52. The third kappa shape index (κ3) is 4.26. The molecular weight excluding hydrogens is 324 g/mol. The molecular formula is C17H28N4O2S. The summed E-state index contributed by atoms with van der Waals surface area (Å²) in [6, 6.07) is 0. The summed E-state index contributed by atoms with van der Waals surface area (Å²) in [4.78, 5) is 23.9. The van der Waals surface area contributed by atoms with E-state index < -0.39 is 0 Å². The molecule has 2 saturated heterocycles. The molecule has 3 heterocycles. The van der Waals surface area contributed by atoms with Crippen LogP contribution in [0.15, 0.2) is 5.38 Å². The van der Waals surface area contributed by atoms with Crippen LogP contribution in [0.25, 0.3) is 0 Å². The van der Waals surface area contributed by atoms with E-state index in [0.29, 0.717) is 0 Å². The first-order chi connectivity index (χ1) is 11.4. The molecule has 0 aliphatic carbocycles. The summed E-state index contributed by atoms with van der Waals surface area (Å²) in [7, 11) is 0. The first kappa shape index (κ1) is 17.6. The van der Waals surface area contributed by atoms with Crippen LogP contribution in [0.2, 0.25) is 0 Å². The van der Waals surface area contributed by atoms with E-state index in [1.807, 2.05) is 25.7 Å². The van der Waals surface area contributed by atoms with Crippen LogP contribution < -0.4 is 4.90 Å². The van der Waals surface area contributed by atoms with Crippen molar-refractivity contribution in [2.24, 2.45) is 5.41 Å². The highest BCUT2D eigenvalue weighted by Gasteiger charge is 2.30. The van der Waals surface area contributed by atoms with Crippen molar-refractivity contribution >= 4 is 22.4 Å². The fourth-order valence-corrected chi connectivity index (χ4v) is 3.95. The largest absolute Gasteiger partial charge is 0.379 e. The van der Waals surface area contributed by atoms with Crippen LogP contribution in [0.1, 0.15) is 26.5 Å². The second-order valence-corrected chi connectivity index (χ2v) is 8.38. The summed E-state index contributed by atoms with van der Waals surface area (Å²) in [5.41, 5.74) is 0.847. The predicted molar refractivity (Wildman–Crippen MR) is 96.5 cm³/mol. The fourth-order valence-electron chi connectivity index (χ4n) is 3.08. The molecule has 6 nitrogen and oxygen atoms in total. The van der Waals surface area contributed by atoms with Crippen LogP contribution in [0.3, 0.4) is 0 Å². The van der Waals surface area contributed by atoms with Gasteiger partial charge in [-0.3, -0.25) is 9.69 Å². The van der Waals surface area contributed by atoms with E-state index in [1.54, 1.807) is 11.3 Å². The van der Waals surface area contributed by atoms with E-state index in [1.165, 1.54) is 0 Å². The molecule has 0 radical (unpaired) electrons. The zero-order chi connectivity index (χ0) is 17.2. The summed E-state index contributed by atoms with van der Waals surface area (Å²) in [5, 5.41) is 3.25. The molecule has 2 fully saturated rings. The zero-order valence-corrected chi connectivity index (χ0v) is 15.8. The lowest BCUT2D eigenvalue weighted by Crippen LogP contribution is -2.51. The molecule has 0 N–H and O–H groups in total. The van der Waals surface area contributed by atoms with Crippen molar-refractivity contribution in [3.8, 4) is 0 Å². The van der Waals surface area contributed by atoms with Crippen LogP contribution in [0.5, 0.6) is 0 Å². The molecule has 2 aliphatic rings. The van der Waals surface area contributed by atoms with Crippen molar-refractivity contribution in [1.29, 1.82) is 0 Å². The van der Waals surface area contributed by atoms with Gasteiger partial charge in [0.15, 0.2) is 5.13 Å². The van der Waals surface area contributed by atoms with Gasteiger partial charge >= 0.3 is 0 Å². The Hall–Kier alpha value is -1.18. The van der Waals surface area contributed by atoms with E-state index in [0.717, 1.165) is 69.9 Å². The number of anilines is 1. The van der Waals surface area contributed by atoms with Gasteiger partial charge < -0.3 is 14.5 Å². The highest BCUT2D eigenvalue weighted by molar-refractivity contribution is 7.13. The number of rotatable bonds is 3. The first-order valence-electron chi connectivity index (χ1n) is 8.72. The number of thiazole rings is 1. The van der Waals surface area contributed by atoms with Crippen LogP contribution >= 0.6 is 11.3 Å². The third-order valence-corrected chi connectivity index (χ3v) is 5.46. The second-order valence-electron chi connectivity index (χ2n) is 7.54. The lowest BCUT2D eigenvalue weighted by atomic mass is 9.94. The minimum absolute atomic E-state index is 0.245. The van der Waals surface area contributed by atoms with E-state index in [9.17, 15) is 4.79 Å². The molecule has 1 aromatic heterocycles. The standard InChI is InChI=1S/C17H28N4O2S/c1-17(2,3)15(22)20-4-6-21(7-5-20)16-18-14(13-24-16)12-19-8-10-23-11-9-19/h13H,4-12H2,1-3H3. The van der Waals surface area contributed by atoms with Crippen molar-refractivity contribution in [2.75, 3.05) is 57.4 Å². The van der Waals surface area contributed by atoms with Crippen molar-refractivity contribution in [3.05, 3.63) is 11.1 Å². The summed E-state index contributed by atoms with van der Waals surface area (Å²) in [6.07, 6.45) is 0. The van der Waals surface area contributed by atoms with Gasteiger partial charge in [0.25, 0.3) is 0 Å². The SMILES string of the molecule is CC(C)(C)C(=O)N1CCN(c2nc(CN3CCOCC3)cs2)CC1.